The van der Waals surface area contributed by atoms with E-state index in [9.17, 15) is 0 Å². The minimum atomic E-state index is 0.515. The second-order valence-corrected chi connectivity index (χ2v) is 2.99. The Labute approximate surface area is 72.3 Å². The number of nitrogens with one attached hydrogen (secondary N) is 1. The second kappa shape index (κ2) is 4.21. The monoisotopic (exact) mass is 169 g/mol. The Balaban J connectivity index is 2.38. The molecule has 0 aliphatic carbocycles. The summed E-state index contributed by atoms with van der Waals surface area (Å²) in [6, 6.07) is 0.515. The Morgan fingerprint density at radius 2 is 2.25 bits per heavy atom. The van der Waals surface area contributed by atoms with E-state index in [1.54, 1.807) is 0 Å². The van der Waals surface area contributed by atoms with E-state index in [1.165, 1.54) is 0 Å². The summed E-state index contributed by atoms with van der Waals surface area (Å²) < 4.78 is 4.57. The maximum Gasteiger partial charge on any atom is 0.121 e. The number of hydrogen-bond donors (Lipinski definition) is 1. The van der Waals surface area contributed by atoms with E-state index in [0.29, 0.717) is 6.04 Å². The van der Waals surface area contributed by atoms with Gasteiger partial charge in [0, 0.05) is 12.6 Å². The van der Waals surface area contributed by atoms with Gasteiger partial charge in [-0.2, -0.15) is 0 Å². The zero-order chi connectivity index (χ0) is 8.97. The smallest absolute Gasteiger partial charge is 0.121 e. The summed E-state index contributed by atoms with van der Waals surface area (Å²) in [4.78, 5) is 0. The van der Waals surface area contributed by atoms with Crippen molar-refractivity contribution in [3.63, 3.8) is 0 Å². The molecule has 0 radical (unpaired) electrons. The molecular weight excluding hydrogens is 154 g/mol. The van der Waals surface area contributed by atoms with Gasteiger partial charge < -0.3 is 5.32 Å². The molecule has 0 bridgehead atoms. The third-order valence-corrected chi connectivity index (χ3v) is 1.98. The summed E-state index contributed by atoms with van der Waals surface area (Å²) in [5, 5.41) is 10.8. The molecule has 1 unspecified atom stereocenters. The normalized spacial score (nSPS) is 13.2. The molecule has 0 saturated carbocycles. The summed E-state index contributed by atoms with van der Waals surface area (Å²) in [6.45, 7) is 6.92. The van der Waals surface area contributed by atoms with Crippen LogP contribution in [-0.2, 0) is 6.54 Å². The number of hydrogen-bond acceptors (Lipinski definition) is 4. The van der Waals surface area contributed by atoms with Crippen molar-refractivity contribution in [2.45, 2.75) is 39.8 Å². The molecule has 1 aromatic heterocycles. The average molecular weight is 169 g/mol. The molecule has 68 valence electrons. The van der Waals surface area contributed by atoms with Gasteiger partial charge >= 0.3 is 0 Å². The molecule has 0 amide bonds. The minimum Gasteiger partial charge on any atom is -0.308 e. The van der Waals surface area contributed by atoms with E-state index in [1.807, 2.05) is 6.92 Å². The highest BCUT2D eigenvalue weighted by molar-refractivity contribution is 5.03. The van der Waals surface area contributed by atoms with Crippen LogP contribution in [0.1, 0.15) is 31.7 Å². The Morgan fingerprint density at radius 1 is 1.50 bits per heavy atom. The maximum atomic E-state index is 4.57. The molecule has 0 aliphatic rings. The third kappa shape index (κ3) is 2.30. The van der Waals surface area contributed by atoms with Gasteiger partial charge in [-0.1, -0.05) is 17.2 Å². The lowest BCUT2D eigenvalue weighted by molar-refractivity contribution is 0.299. The highest BCUT2D eigenvalue weighted by Crippen LogP contribution is 2.00. The highest BCUT2D eigenvalue weighted by Gasteiger charge is 2.05. The van der Waals surface area contributed by atoms with E-state index in [0.717, 1.165) is 24.4 Å². The predicted molar refractivity (Wildman–Crippen MR) is 45.6 cm³/mol. The average Bonchev–Trinajstić information content (AvgIpc) is 2.47. The molecule has 0 spiro atoms. The van der Waals surface area contributed by atoms with Crippen LogP contribution in [-0.4, -0.2) is 16.4 Å². The van der Waals surface area contributed by atoms with Gasteiger partial charge in [0.1, 0.15) is 11.4 Å². The van der Waals surface area contributed by atoms with Crippen LogP contribution >= 0.6 is 0 Å². The van der Waals surface area contributed by atoms with Crippen LogP contribution < -0.4 is 5.32 Å². The van der Waals surface area contributed by atoms with E-state index >= 15 is 0 Å². The first kappa shape index (κ1) is 9.19. The summed E-state index contributed by atoms with van der Waals surface area (Å²) in [7, 11) is 0. The molecule has 0 aromatic carbocycles. The molecule has 1 rings (SSSR count). The fourth-order valence-corrected chi connectivity index (χ4v) is 0.825. The van der Waals surface area contributed by atoms with Gasteiger partial charge in [-0.25, -0.2) is 4.63 Å². The van der Waals surface area contributed by atoms with Crippen molar-refractivity contribution in [1.29, 1.82) is 0 Å². The fraction of sp³-hybridized carbons (Fsp3) is 0.750. The van der Waals surface area contributed by atoms with E-state index in [2.05, 4.69) is 34.1 Å². The maximum absolute atomic E-state index is 4.57. The van der Waals surface area contributed by atoms with Gasteiger partial charge in [-0.05, 0) is 20.3 Å². The molecular formula is C8H15N3O. The number of nitrogens with zero attached hydrogens (tertiary/aromatic N) is 2. The van der Waals surface area contributed by atoms with Crippen LogP contribution in [0.3, 0.4) is 0 Å². The molecule has 12 heavy (non-hydrogen) atoms. The van der Waals surface area contributed by atoms with E-state index in [-0.39, 0.29) is 0 Å². The molecule has 1 atom stereocenters. The predicted octanol–water partition coefficient (Wildman–Crippen LogP) is 1.27. The van der Waals surface area contributed by atoms with Gasteiger partial charge in [0.15, 0.2) is 0 Å². The molecule has 1 aromatic rings. The van der Waals surface area contributed by atoms with E-state index < -0.39 is 0 Å². The lowest BCUT2D eigenvalue weighted by Crippen LogP contribution is -2.24. The topological polar surface area (TPSA) is 51.0 Å². The molecule has 0 aliphatic heterocycles. The lowest BCUT2D eigenvalue weighted by Gasteiger charge is -2.08. The minimum absolute atomic E-state index is 0.515. The zero-order valence-electron chi connectivity index (χ0n) is 7.79. The molecule has 4 heteroatoms. The quantitative estimate of drug-likeness (QED) is 0.737. The first-order valence-corrected chi connectivity index (χ1v) is 4.25. The Bertz CT molecular complexity index is 234. The van der Waals surface area contributed by atoms with Crippen LogP contribution in [0.4, 0.5) is 0 Å². The van der Waals surface area contributed by atoms with Gasteiger partial charge in [0.2, 0.25) is 0 Å². The summed E-state index contributed by atoms with van der Waals surface area (Å²) in [6.07, 6.45) is 1.12. The highest BCUT2D eigenvalue weighted by atomic mass is 16.6. The number of aryl methyl sites for hydroxylation is 1. The van der Waals surface area contributed by atoms with E-state index in [4.69, 9.17) is 0 Å². The molecule has 4 nitrogen and oxygen atoms in total. The standard InChI is InChI=1S/C8H15N3O/c1-4-6(2)9-5-8-7(3)10-12-11-8/h6,9H,4-5H2,1-3H3. The summed E-state index contributed by atoms with van der Waals surface area (Å²) in [5.74, 6) is 0. The molecule has 1 N–H and O–H groups in total. The van der Waals surface area contributed by atoms with Crippen molar-refractivity contribution in [2.75, 3.05) is 0 Å². The van der Waals surface area contributed by atoms with Gasteiger partial charge in [-0.15, -0.1) is 0 Å². The summed E-state index contributed by atoms with van der Waals surface area (Å²) >= 11 is 0. The zero-order valence-corrected chi connectivity index (χ0v) is 7.79. The van der Waals surface area contributed by atoms with Gasteiger partial charge in [-0.3, -0.25) is 0 Å². The van der Waals surface area contributed by atoms with Crippen molar-refractivity contribution in [3.05, 3.63) is 11.4 Å². The van der Waals surface area contributed by atoms with Gasteiger partial charge in [0.05, 0.1) is 0 Å². The molecule has 0 saturated heterocycles. The van der Waals surface area contributed by atoms with Crippen LogP contribution in [0.5, 0.6) is 0 Å². The largest absolute Gasteiger partial charge is 0.308 e. The SMILES string of the molecule is CCC(C)NCc1nonc1C. The van der Waals surface area contributed by atoms with Crippen molar-refractivity contribution >= 4 is 0 Å². The number of rotatable bonds is 4. The first-order chi connectivity index (χ1) is 5.74. The van der Waals surface area contributed by atoms with Crippen molar-refractivity contribution < 1.29 is 4.63 Å². The van der Waals surface area contributed by atoms with Gasteiger partial charge in [0.25, 0.3) is 0 Å². The van der Waals surface area contributed by atoms with Crippen LogP contribution in [0.25, 0.3) is 0 Å². The van der Waals surface area contributed by atoms with Crippen molar-refractivity contribution in [2.24, 2.45) is 0 Å². The molecule has 1 heterocycles. The van der Waals surface area contributed by atoms with Crippen LogP contribution in [0, 0.1) is 6.92 Å². The molecule has 0 fully saturated rings. The van der Waals surface area contributed by atoms with Crippen molar-refractivity contribution in [3.8, 4) is 0 Å². The number of aromatic nitrogens is 2. The van der Waals surface area contributed by atoms with Crippen LogP contribution in [0.2, 0.25) is 0 Å². The van der Waals surface area contributed by atoms with Crippen LogP contribution in [0.15, 0.2) is 4.63 Å². The lowest BCUT2D eigenvalue weighted by atomic mass is 10.2. The van der Waals surface area contributed by atoms with Crippen molar-refractivity contribution in [1.82, 2.24) is 15.6 Å². The Morgan fingerprint density at radius 3 is 2.75 bits per heavy atom. The second-order valence-electron chi connectivity index (χ2n) is 2.99. The first-order valence-electron chi connectivity index (χ1n) is 4.25. The Hall–Kier alpha value is -0.900. The third-order valence-electron chi connectivity index (χ3n) is 1.98. The fourth-order valence-electron chi connectivity index (χ4n) is 0.825. The Kier molecular flexibility index (Phi) is 3.22. The summed E-state index contributed by atoms with van der Waals surface area (Å²) in [5.41, 5.74) is 1.76.